The smallest absolute Gasteiger partial charge is 0.124 e. The molecule has 2 heterocycles. The number of aromatic nitrogens is 1. The number of hydrogen-bond acceptors (Lipinski definition) is 2. The lowest BCUT2D eigenvalue weighted by molar-refractivity contribution is 0.404. The first-order valence-corrected chi connectivity index (χ1v) is 8.54. The zero-order chi connectivity index (χ0) is 16.4. The van der Waals surface area contributed by atoms with Crippen molar-refractivity contribution >= 4 is 16.6 Å². The summed E-state index contributed by atoms with van der Waals surface area (Å²) < 4.78 is 13.6. The standard InChI is InChI=1S/C21H20FN2/c22-18-6-7-20-19(15-18)21(8-11-23-20)24-12-9-17(10-13-24)14-16-4-2-1-3-5-16/h1-7,11,15,17H,9-10,12-14H2. The van der Waals surface area contributed by atoms with Crippen LogP contribution in [0.15, 0.2) is 54.7 Å². The Kier molecular flexibility index (Phi) is 4.16. The fraction of sp³-hybridized carbons (Fsp3) is 0.286. The minimum absolute atomic E-state index is 0.218. The predicted molar refractivity (Wildman–Crippen MR) is 95.6 cm³/mol. The molecule has 121 valence electrons. The molecule has 1 saturated heterocycles. The van der Waals surface area contributed by atoms with E-state index in [2.05, 4.69) is 46.3 Å². The Morgan fingerprint density at radius 2 is 1.88 bits per heavy atom. The summed E-state index contributed by atoms with van der Waals surface area (Å²) in [5.41, 5.74) is 3.23. The quantitative estimate of drug-likeness (QED) is 0.699. The number of rotatable bonds is 3. The van der Waals surface area contributed by atoms with Gasteiger partial charge in [-0.3, -0.25) is 4.98 Å². The second-order valence-corrected chi connectivity index (χ2v) is 6.53. The Balaban J connectivity index is 1.49. The number of nitrogens with zero attached hydrogens (tertiary/aromatic N) is 2. The lowest BCUT2D eigenvalue weighted by Gasteiger charge is -2.34. The summed E-state index contributed by atoms with van der Waals surface area (Å²) in [7, 11) is 0. The number of anilines is 1. The molecule has 1 aliphatic heterocycles. The van der Waals surface area contributed by atoms with Gasteiger partial charge in [-0.15, -0.1) is 0 Å². The van der Waals surface area contributed by atoms with Crippen LogP contribution in [0.2, 0.25) is 0 Å². The Labute approximate surface area is 141 Å². The van der Waals surface area contributed by atoms with Crippen molar-refractivity contribution in [3.05, 3.63) is 72.2 Å². The molecule has 3 heteroatoms. The molecular weight excluding hydrogens is 299 g/mol. The molecule has 4 rings (SSSR count). The highest BCUT2D eigenvalue weighted by atomic mass is 19.1. The molecule has 0 spiro atoms. The first-order chi connectivity index (χ1) is 11.8. The SMILES string of the molecule is Fc1ccc2nc[c]c(N3CCC(Cc4ccccc4)CC3)c2c1. The van der Waals surface area contributed by atoms with Gasteiger partial charge in [-0.25, -0.2) is 4.39 Å². The molecule has 0 bridgehead atoms. The molecule has 1 aliphatic rings. The van der Waals surface area contributed by atoms with Crippen LogP contribution < -0.4 is 4.90 Å². The van der Waals surface area contributed by atoms with Crippen LogP contribution in [0, 0.1) is 17.8 Å². The zero-order valence-corrected chi connectivity index (χ0v) is 13.6. The maximum Gasteiger partial charge on any atom is 0.124 e. The van der Waals surface area contributed by atoms with Crippen LogP contribution in [0.4, 0.5) is 10.1 Å². The van der Waals surface area contributed by atoms with Crippen molar-refractivity contribution in [2.75, 3.05) is 18.0 Å². The van der Waals surface area contributed by atoms with E-state index in [1.54, 1.807) is 18.3 Å². The molecule has 0 aliphatic carbocycles. The molecule has 0 amide bonds. The predicted octanol–water partition coefficient (Wildman–Crippen LogP) is 4.63. The second kappa shape index (κ2) is 6.60. The molecule has 1 aromatic heterocycles. The summed E-state index contributed by atoms with van der Waals surface area (Å²) in [6, 6.07) is 18.7. The van der Waals surface area contributed by atoms with Crippen LogP contribution in [0.25, 0.3) is 10.9 Å². The molecular formula is C21H20FN2. The maximum atomic E-state index is 13.6. The Bertz CT molecular complexity index is 824. The molecule has 1 fully saturated rings. The van der Waals surface area contributed by atoms with Gasteiger partial charge < -0.3 is 4.90 Å². The van der Waals surface area contributed by atoms with E-state index in [0.29, 0.717) is 5.92 Å². The molecule has 24 heavy (non-hydrogen) atoms. The summed E-state index contributed by atoms with van der Waals surface area (Å²) in [6.07, 6.45) is 5.15. The first kappa shape index (κ1) is 15.1. The minimum Gasteiger partial charge on any atom is -0.370 e. The van der Waals surface area contributed by atoms with Crippen LogP contribution in [-0.4, -0.2) is 18.1 Å². The average Bonchev–Trinajstić information content (AvgIpc) is 2.63. The molecule has 0 N–H and O–H groups in total. The number of halogens is 1. The van der Waals surface area contributed by atoms with Crippen LogP contribution in [0.5, 0.6) is 0 Å². The summed E-state index contributed by atoms with van der Waals surface area (Å²) >= 11 is 0. The number of benzene rings is 2. The summed E-state index contributed by atoms with van der Waals surface area (Å²) in [4.78, 5) is 6.62. The summed E-state index contributed by atoms with van der Waals surface area (Å²) in [5.74, 6) is 0.498. The highest BCUT2D eigenvalue weighted by Crippen LogP contribution is 2.30. The molecule has 0 unspecified atom stereocenters. The van der Waals surface area contributed by atoms with Gasteiger partial charge in [0.05, 0.1) is 11.2 Å². The van der Waals surface area contributed by atoms with E-state index in [0.717, 1.165) is 48.9 Å². The van der Waals surface area contributed by atoms with Gasteiger partial charge in [0.15, 0.2) is 0 Å². The van der Waals surface area contributed by atoms with Gasteiger partial charge >= 0.3 is 0 Å². The molecule has 2 aromatic carbocycles. The second-order valence-electron chi connectivity index (χ2n) is 6.53. The molecule has 0 atom stereocenters. The molecule has 3 aromatic rings. The van der Waals surface area contributed by atoms with Crippen molar-refractivity contribution in [2.24, 2.45) is 5.92 Å². The lowest BCUT2D eigenvalue weighted by Crippen LogP contribution is -2.34. The zero-order valence-electron chi connectivity index (χ0n) is 13.6. The van der Waals surface area contributed by atoms with Crippen LogP contribution >= 0.6 is 0 Å². The highest BCUT2D eigenvalue weighted by Gasteiger charge is 2.21. The van der Waals surface area contributed by atoms with Crippen molar-refractivity contribution in [1.29, 1.82) is 0 Å². The van der Waals surface area contributed by atoms with Crippen LogP contribution in [-0.2, 0) is 6.42 Å². The Morgan fingerprint density at radius 3 is 2.67 bits per heavy atom. The summed E-state index contributed by atoms with van der Waals surface area (Å²) in [5, 5.41) is 0.860. The first-order valence-electron chi connectivity index (χ1n) is 8.54. The van der Waals surface area contributed by atoms with E-state index in [9.17, 15) is 4.39 Å². The van der Waals surface area contributed by atoms with Crippen molar-refractivity contribution in [2.45, 2.75) is 19.3 Å². The Morgan fingerprint density at radius 1 is 1.08 bits per heavy atom. The monoisotopic (exact) mass is 319 g/mol. The van der Waals surface area contributed by atoms with Gasteiger partial charge in [0, 0.05) is 30.7 Å². The van der Waals surface area contributed by atoms with Crippen molar-refractivity contribution in [3.63, 3.8) is 0 Å². The number of hydrogen-bond donors (Lipinski definition) is 0. The fourth-order valence-corrected chi connectivity index (χ4v) is 3.62. The Hall–Kier alpha value is -2.42. The van der Waals surface area contributed by atoms with E-state index < -0.39 is 0 Å². The van der Waals surface area contributed by atoms with E-state index in [1.165, 1.54) is 11.6 Å². The van der Waals surface area contributed by atoms with Crippen LogP contribution in [0.3, 0.4) is 0 Å². The third-order valence-corrected chi connectivity index (χ3v) is 4.92. The molecule has 1 radical (unpaired) electrons. The van der Waals surface area contributed by atoms with Gasteiger partial charge in [-0.1, -0.05) is 30.3 Å². The minimum atomic E-state index is -0.218. The van der Waals surface area contributed by atoms with Crippen molar-refractivity contribution < 1.29 is 4.39 Å². The topological polar surface area (TPSA) is 16.1 Å². The largest absolute Gasteiger partial charge is 0.370 e. The van der Waals surface area contributed by atoms with Crippen molar-refractivity contribution in [3.8, 4) is 0 Å². The van der Waals surface area contributed by atoms with E-state index in [4.69, 9.17) is 0 Å². The van der Waals surface area contributed by atoms with Gasteiger partial charge in [0.25, 0.3) is 0 Å². The number of piperidine rings is 1. The van der Waals surface area contributed by atoms with Crippen LogP contribution in [0.1, 0.15) is 18.4 Å². The van der Waals surface area contributed by atoms with E-state index >= 15 is 0 Å². The molecule has 2 nitrogen and oxygen atoms in total. The third-order valence-electron chi connectivity index (χ3n) is 4.92. The van der Waals surface area contributed by atoms with Gasteiger partial charge in [0.1, 0.15) is 5.82 Å². The van der Waals surface area contributed by atoms with E-state index in [-0.39, 0.29) is 5.82 Å². The van der Waals surface area contributed by atoms with E-state index in [1.807, 2.05) is 0 Å². The maximum absolute atomic E-state index is 13.6. The molecule has 0 saturated carbocycles. The van der Waals surface area contributed by atoms with Crippen molar-refractivity contribution in [1.82, 2.24) is 4.98 Å². The summed E-state index contributed by atoms with van der Waals surface area (Å²) in [6.45, 7) is 1.98. The third kappa shape index (κ3) is 3.12. The van der Waals surface area contributed by atoms with Gasteiger partial charge in [0.2, 0.25) is 0 Å². The fourth-order valence-electron chi connectivity index (χ4n) is 3.62. The van der Waals surface area contributed by atoms with Gasteiger partial charge in [-0.05, 0) is 48.9 Å². The average molecular weight is 319 g/mol. The lowest BCUT2D eigenvalue weighted by atomic mass is 9.90. The normalized spacial score (nSPS) is 15.8. The number of fused-ring (bicyclic) bond motifs is 1. The number of pyridine rings is 1. The van der Waals surface area contributed by atoms with Gasteiger partial charge in [-0.2, -0.15) is 0 Å². The highest BCUT2D eigenvalue weighted by molar-refractivity contribution is 5.91.